The predicted octanol–water partition coefficient (Wildman–Crippen LogP) is 1.04. The van der Waals surface area contributed by atoms with E-state index in [0.717, 1.165) is 19.4 Å². The highest BCUT2D eigenvalue weighted by molar-refractivity contribution is 7.86. The Morgan fingerprint density at radius 2 is 1.94 bits per heavy atom. The molecule has 0 aromatic carbocycles. The third kappa shape index (κ3) is 4.19. The second-order valence-corrected chi connectivity index (χ2v) is 7.47. The van der Waals surface area contributed by atoms with E-state index in [0.29, 0.717) is 12.6 Å². The molecular formula is C12H27N3O2S. The molecule has 0 radical (unpaired) electrons. The molecule has 18 heavy (non-hydrogen) atoms. The molecular weight excluding hydrogens is 250 g/mol. The average Bonchev–Trinajstić information content (AvgIpc) is 2.35. The fraction of sp³-hybridized carbons (Fsp3) is 1.00. The van der Waals surface area contributed by atoms with Crippen LogP contribution >= 0.6 is 0 Å². The molecule has 1 unspecified atom stereocenters. The first kappa shape index (κ1) is 15.9. The largest absolute Gasteiger partial charge is 0.314 e. The number of piperidine rings is 1. The Kier molecular flexibility index (Phi) is 6.04. The van der Waals surface area contributed by atoms with Crippen molar-refractivity contribution in [3.63, 3.8) is 0 Å². The molecule has 1 atom stereocenters. The minimum atomic E-state index is -3.30. The second-order valence-electron chi connectivity index (χ2n) is 5.37. The van der Waals surface area contributed by atoms with E-state index < -0.39 is 10.2 Å². The number of nitrogens with one attached hydrogen (secondary N) is 1. The van der Waals surface area contributed by atoms with Gasteiger partial charge in [-0.1, -0.05) is 6.42 Å². The zero-order valence-corrected chi connectivity index (χ0v) is 12.8. The molecule has 1 rings (SSSR count). The van der Waals surface area contributed by atoms with Crippen LogP contribution in [0.1, 0.15) is 39.5 Å². The van der Waals surface area contributed by atoms with E-state index in [-0.39, 0.29) is 6.04 Å². The van der Waals surface area contributed by atoms with Crippen LogP contribution in [0.15, 0.2) is 0 Å². The molecule has 1 fully saturated rings. The van der Waals surface area contributed by atoms with E-state index in [9.17, 15) is 8.42 Å². The Morgan fingerprint density at radius 1 is 1.28 bits per heavy atom. The first-order valence-electron chi connectivity index (χ1n) is 6.78. The molecule has 0 aromatic heterocycles. The molecule has 108 valence electrons. The Bertz CT molecular complexity index is 337. The van der Waals surface area contributed by atoms with E-state index >= 15 is 0 Å². The van der Waals surface area contributed by atoms with Crippen molar-refractivity contribution in [3.05, 3.63) is 0 Å². The van der Waals surface area contributed by atoms with Gasteiger partial charge in [0.05, 0.1) is 0 Å². The lowest BCUT2D eigenvalue weighted by atomic mass is 10.0. The summed E-state index contributed by atoms with van der Waals surface area (Å²) in [4.78, 5) is 0. The quantitative estimate of drug-likeness (QED) is 0.789. The van der Waals surface area contributed by atoms with Gasteiger partial charge in [0.15, 0.2) is 0 Å². The molecule has 1 saturated heterocycles. The molecule has 0 saturated carbocycles. The van der Waals surface area contributed by atoms with Crippen LogP contribution in [0.2, 0.25) is 0 Å². The first-order chi connectivity index (χ1) is 8.35. The van der Waals surface area contributed by atoms with Gasteiger partial charge in [0, 0.05) is 32.7 Å². The minimum Gasteiger partial charge on any atom is -0.314 e. The van der Waals surface area contributed by atoms with Crippen molar-refractivity contribution in [2.75, 3.05) is 27.2 Å². The van der Waals surface area contributed by atoms with Crippen LogP contribution in [0, 0.1) is 0 Å². The van der Waals surface area contributed by atoms with Crippen molar-refractivity contribution in [2.45, 2.75) is 51.6 Å². The van der Waals surface area contributed by atoms with Crippen LogP contribution in [0.4, 0.5) is 0 Å². The lowest BCUT2D eigenvalue weighted by Gasteiger charge is -2.29. The summed E-state index contributed by atoms with van der Waals surface area (Å²) in [7, 11) is -0.00216. The lowest BCUT2D eigenvalue weighted by molar-refractivity contribution is 0.326. The van der Waals surface area contributed by atoms with Gasteiger partial charge in [-0.2, -0.15) is 17.0 Å². The predicted molar refractivity (Wildman–Crippen MR) is 74.7 cm³/mol. The van der Waals surface area contributed by atoms with Crippen molar-refractivity contribution < 1.29 is 8.42 Å². The number of hydrogen-bond donors (Lipinski definition) is 1. The van der Waals surface area contributed by atoms with Crippen molar-refractivity contribution in [1.29, 1.82) is 0 Å². The maximum absolute atomic E-state index is 12.2. The number of hydrogen-bond acceptors (Lipinski definition) is 3. The third-order valence-corrected chi connectivity index (χ3v) is 5.81. The van der Waals surface area contributed by atoms with Gasteiger partial charge in [-0.15, -0.1) is 0 Å². The Balaban J connectivity index is 2.46. The molecule has 0 amide bonds. The highest BCUT2D eigenvalue weighted by Crippen LogP contribution is 2.13. The van der Waals surface area contributed by atoms with E-state index in [4.69, 9.17) is 0 Å². The summed E-state index contributed by atoms with van der Waals surface area (Å²) < 4.78 is 27.2. The molecule has 0 bridgehead atoms. The lowest BCUT2D eigenvalue weighted by Crippen LogP contribution is -2.45. The molecule has 6 heteroatoms. The van der Waals surface area contributed by atoms with Crippen LogP contribution in [-0.4, -0.2) is 56.3 Å². The summed E-state index contributed by atoms with van der Waals surface area (Å²) in [6.07, 6.45) is 4.54. The topological polar surface area (TPSA) is 52.7 Å². The maximum Gasteiger partial charge on any atom is 0.281 e. The third-order valence-electron chi connectivity index (χ3n) is 3.69. The minimum absolute atomic E-state index is 0.00902. The number of rotatable bonds is 6. The monoisotopic (exact) mass is 277 g/mol. The van der Waals surface area contributed by atoms with Crippen LogP contribution in [0.5, 0.6) is 0 Å². The van der Waals surface area contributed by atoms with Crippen LogP contribution < -0.4 is 5.32 Å². The molecule has 1 heterocycles. The van der Waals surface area contributed by atoms with Crippen LogP contribution in [0.25, 0.3) is 0 Å². The highest BCUT2D eigenvalue weighted by atomic mass is 32.2. The Labute approximate surface area is 112 Å². The van der Waals surface area contributed by atoms with Crippen molar-refractivity contribution in [1.82, 2.24) is 13.9 Å². The Morgan fingerprint density at radius 3 is 2.44 bits per heavy atom. The van der Waals surface area contributed by atoms with Gasteiger partial charge in [-0.05, 0) is 39.7 Å². The molecule has 1 N–H and O–H groups in total. The zero-order chi connectivity index (χ0) is 13.8. The normalized spacial score (nSPS) is 22.1. The van der Waals surface area contributed by atoms with Gasteiger partial charge >= 0.3 is 0 Å². The summed E-state index contributed by atoms with van der Waals surface area (Å²) >= 11 is 0. The summed E-state index contributed by atoms with van der Waals surface area (Å²) in [5.41, 5.74) is 0. The van der Waals surface area contributed by atoms with Crippen LogP contribution in [0.3, 0.4) is 0 Å². The summed E-state index contributed by atoms with van der Waals surface area (Å²) in [6, 6.07) is 0.464. The zero-order valence-electron chi connectivity index (χ0n) is 12.0. The van der Waals surface area contributed by atoms with E-state index in [1.165, 1.54) is 21.5 Å². The molecule has 5 nitrogen and oxygen atoms in total. The SMILES string of the molecule is CC(C)N(C)S(=O)(=O)N(C)CCC1CCCCN1. The van der Waals surface area contributed by atoms with Crippen LogP contribution in [-0.2, 0) is 10.2 Å². The summed E-state index contributed by atoms with van der Waals surface area (Å²) in [6.45, 7) is 5.41. The first-order valence-corrected chi connectivity index (χ1v) is 8.18. The second kappa shape index (κ2) is 6.84. The van der Waals surface area contributed by atoms with E-state index in [1.807, 2.05) is 13.8 Å². The number of nitrogens with zero attached hydrogens (tertiary/aromatic N) is 2. The summed E-state index contributed by atoms with van der Waals surface area (Å²) in [5, 5.41) is 3.44. The van der Waals surface area contributed by atoms with Gasteiger partial charge in [-0.3, -0.25) is 0 Å². The molecule has 0 spiro atoms. The fourth-order valence-corrected chi connectivity index (χ4v) is 3.42. The molecule has 0 aromatic rings. The van der Waals surface area contributed by atoms with Gasteiger partial charge in [0.1, 0.15) is 0 Å². The van der Waals surface area contributed by atoms with Crippen molar-refractivity contribution >= 4 is 10.2 Å². The standard InChI is InChI=1S/C12H27N3O2S/c1-11(2)15(4)18(16,17)14(3)10-8-12-7-5-6-9-13-12/h11-13H,5-10H2,1-4H3. The van der Waals surface area contributed by atoms with E-state index in [2.05, 4.69) is 5.32 Å². The molecule has 1 aliphatic rings. The summed E-state index contributed by atoms with van der Waals surface area (Å²) in [5.74, 6) is 0. The smallest absolute Gasteiger partial charge is 0.281 e. The van der Waals surface area contributed by atoms with Crippen molar-refractivity contribution in [2.24, 2.45) is 0 Å². The average molecular weight is 277 g/mol. The van der Waals surface area contributed by atoms with Gasteiger partial charge in [-0.25, -0.2) is 0 Å². The van der Waals surface area contributed by atoms with Gasteiger partial charge < -0.3 is 5.32 Å². The van der Waals surface area contributed by atoms with Gasteiger partial charge in [0.2, 0.25) is 0 Å². The van der Waals surface area contributed by atoms with Crippen molar-refractivity contribution in [3.8, 4) is 0 Å². The van der Waals surface area contributed by atoms with Gasteiger partial charge in [0.25, 0.3) is 10.2 Å². The highest BCUT2D eigenvalue weighted by Gasteiger charge is 2.26. The molecule has 1 aliphatic heterocycles. The van der Waals surface area contributed by atoms with E-state index in [1.54, 1.807) is 14.1 Å². The Hall–Kier alpha value is -0.170. The maximum atomic E-state index is 12.2. The fourth-order valence-electron chi connectivity index (χ4n) is 2.11. The molecule has 0 aliphatic carbocycles.